The van der Waals surface area contributed by atoms with Crippen LogP contribution in [0.25, 0.3) is 0 Å². The predicted molar refractivity (Wildman–Crippen MR) is 108 cm³/mol. The molecular formula is C21H39NO6. The molecule has 0 fully saturated rings. The molecule has 28 heavy (non-hydrogen) atoms. The molecule has 0 saturated carbocycles. The van der Waals surface area contributed by atoms with Crippen molar-refractivity contribution in [3.05, 3.63) is 0 Å². The maximum Gasteiger partial charge on any atom is 0.410 e. The summed E-state index contributed by atoms with van der Waals surface area (Å²) in [4.78, 5) is 34.2. The zero-order chi connectivity index (χ0) is 21.5. The number of carboxylic acids is 1. The summed E-state index contributed by atoms with van der Waals surface area (Å²) in [6, 6.07) is 0. The molecule has 7 heteroatoms. The fourth-order valence-electron chi connectivity index (χ4n) is 2.81. The van der Waals surface area contributed by atoms with E-state index in [1.54, 1.807) is 6.92 Å². The quantitative estimate of drug-likeness (QED) is 0.233. The first-order valence-corrected chi connectivity index (χ1v) is 10.5. The Balaban J connectivity index is 4.26. The second kappa shape index (κ2) is 15.2. The first-order valence-electron chi connectivity index (χ1n) is 10.5. The molecule has 7 nitrogen and oxygen atoms in total. The molecule has 0 radical (unpaired) electrons. The topological polar surface area (TPSA) is 102 Å². The lowest BCUT2D eigenvalue weighted by Gasteiger charge is -2.21. The van der Waals surface area contributed by atoms with Gasteiger partial charge in [-0.15, -0.1) is 0 Å². The van der Waals surface area contributed by atoms with E-state index in [9.17, 15) is 14.4 Å². The van der Waals surface area contributed by atoms with Gasteiger partial charge < -0.3 is 19.9 Å². The van der Waals surface area contributed by atoms with E-state index in [1.165, 1.54) is 0 Å². The van der Waals surface area contributed by atoms with Crippen molar-refractivity contribution in [1.29, 1.82) is 0 Å². The lowest BCUT2D eigenvalue weighted by Crippen LogP contribution is -2.35. The Bertz CT molecular complexity index is 464. The van der Waals surface area contributed by atoms with Crippen LogP contribution in [0.5, 0.6) is 0 Å². The van der Waals surface area contributed by atoms with Crippen molar-refractivity contribution in [2.75, 3.05) is 6.54 Å². The Kier molecular flexibility index (Phi) is 14.2. The van der Waals surface area contributed by atoms with Crippen LogP contribution in [0.1, 0.15) is 86.0 Å². The van der Waals surface area contributed by atoms with Crippen LogP contribution in [0, 0.1) is 17.8 Å². The molecule has 0 unspecified atom stereocenters. The molecule has 0 aliphatic carbocycles. The molecular weight excluding hydrogens is 362 g/mol. The molecule has 2 N–H and O–H groups in total. The summed E-state index contributed by atoms with van der Waals surface area (Å²) in [7, 11) is 0. The van der Waals surface area contributed by atoms with E-state index in [1.807, 2.05) is 13.8 Å². The first kappa shape index (κ1) is 26.2. The summed E-state index contributed by atoms with van der Waals surface area (Å²) < 4.78 is 10.3. The van der Waals surface area contributed by atoms with E-state index in [-0.39, 0.29) is 18.8 Å². The second-order valence-electron chi connectivity index (χ2n) is 8.05. The summed E-state index contributed by atoms with van der Waals surface area (Å²) in [5.74, 6) is -0.317. The SMILES string of the molecule is CCC(=O)O[C@@H](OC(=O)NCCC[C@H](CCCC(C)C)CCC(=O)O)C(C)C. The van der Waals surface area contributed by atoms with Crippen LogP contribution in [0.3, 0.4) is 0 Å². The van der Waals surface area contributed by atoms with Crippen molar-refractivity contribution in [1.82, 2.24) is 5.32 Å². The van der Waals surface area contributed by atoms with E-state index in [2.05, 4.69) is 19.2 Å². The van der Waals surface area contributed by atoms with Crippen molar-refractivity contribution in [2.45, 2.75) is 92.3 Å². The van der Waals surface area contributed by atoms with Crippen molar-refractivity contribution >= 4 is 18.0 Å². The number of esters is 1. The van der Waals surface area contributed by atoms with Gasteiger partial charge in [-0.2, -0.15) is 0 Å². The van der Waals surface area contributed by atoms with Crippen LogP contribution in [-0.4, -0.2) is 36.0 Å². The molecule has 2 atom stereocenters. The highest BCUT2D eigenvalue weighted by Crippen LogP contribution is 2.22. The summed E-state index contributed by atoms with van der Waals surface area (Å²) >= 11 is 0. The van der Waals surface area contributed by atoms with Gasteiger partial charge in [0.05, 0.1) is 0 Å². The standard InChI is InChI=1S/C21H39NO6/c1-6-19(25)27-20(16(4)5)28-21(26)22-14-8-11-17(12-13-18(23)24)10-7-9-15(2)3/h15-17,20H,6-14H2,1-5H3,(H,22,26)(H,23,24)/t17-,20-/m0/s1. The van der Waals surface area contributed by atoms with Crippen molar-refractivity contribution < 1.29 is 29.0 Å². The fourth-order valence-corrected chi connectivity index (χ4v) is 2.81. The Hall–Kier alpha value is -1.79. The average Bonchev–Trinajstić information content (AvgIpc) is 2.61. The van der Waals surface area contributed by atoms with Gasteiger partial charge in [-0.25, -0.2) is 4.79 Å². The molecule has 0 aromatic heterocycles. The van der Waals surface area contributed by atoms with Gasteiger partial charge in [0.15, 0.2) is 0 Å². The van der Waals surface area contributed by atoms with Crippen LogP contribution < -0.4 is 5.32 Å². The minimum absolute atomic E-state index is 0.136. The third-order valence-electron chi connectivity index (χ3n) is 4.52. The van der Waals surface area contributed by atoms with E-state index in [0.29, 0.717) is 24.8 Å². The van der Waals surface area contributed by atoms with Crippen LogP contribution in [0.4, 0.5) is 4.79 Å². The summed E-state index contributed by atoms with van der Waals surface area (Å²) in [5.41, 5.74) is 0. The number of hydrogen-bond acceptors (Lipinski definition) is 5. The Morgan fingerprint density at radius 2 is 1.57 bits per heavy atom. The number of carboxylic acid groups (broad SMARTS) is 1. The average molecular weight is 402 g/mol. The van der Waals surface area contributed by atoms with Gasteiger partial charge in [-0.05, 0) is 31.1 Å². The Labute approximate surface area is 169 Å². The third kappa shape index (κ3) is 14.3. The number of nitrogens with one attached hydrogen (secondary N) is 1. The highest BCUT2D eigenvalue weighted by molar-refractivity contribution is 5.70. The number of alkyl carbamates (subject to hydrolysis) is 1. The summed E-state index contributed by atoms with van der Waals surface area (Å²) in [5, 5.41) is 11.6. The molecule has 0 aromatic carbocycles. The minimum Gasteiger partial charge on any atom is -0.481 e. The van der Waals surface area contributed by atoms with E-state index < -0.39 is 24.3 Å². The van der Waals surface area contributed by atoms with Crippen molar-refractivity contribution in [3.63, 3.8) is 0 Å². The number of hydrogen-bond donors (Lipinski definition) is 2. The normalized spacial score (nSPS) is 13.2. The smallest absolute Gasteiger partial charge is 0.410 e. The molecule has 0 aliphatic heterocycles. The fraction of sp³-hybridized carbons (Fsp3) is 0.857. The number of carbonyl (C=O) groups is 3. The molecule has 0 heterocycles. The molecule has 0 rings (SSSR count). The van der Waals surface area contributed by atoms with E-state index in [0.717, 1.165) is 32.1 Å². The lowest BCUT2D eigenvalue weighted by molar-refractivity contribution is -0.174. The monoisotopic (exact) mass is 401 g/mol. The maximum absolute atomic E-state index is 11.9. The van der Waals surface area contributed by atoms with Crippen molar-refractivity contribution in [2.24, 2.45) is 17.8 Å². The van der Waals surface area contributed by atoms with Gasteiger partial charge in [0.1, 0.15) is 0 Å². The molecule has 0 aromatic rings. The second-order valence-corrected chi connectivity index (χ2v) is 8.05. The number of amides is 1. The number of carbonyl (C=O) groups excluding carboxylic acids is 2. The number of ether oxygens (including phenoxy) is 2. The largest absolute Gasteiger partial charge is 0.481 e. The highest BCUT2D eigenvalue weighted by atomic mass is 16.7. The first-order chi connectivity index (χ1) is 13.1. The zero-order valence-electron chi connectivity index (χ0n) is 18.2. The van der Waals surface area contributed by atoms with Crippen LogP contribution >= 0.6 is 0 Å². The third-order valence-corrected chi connectivity index (χ3v) is 4.52. The highest BCUT2D eigenvalue weighted by Gasteiger charge is 2.22. The zero-order valence-corrected chi connectivity index (χ0v) is 18.2. The molecule has 0 saturated heterocycles. The van der Waals surface area contributed by atoms with Crippen molar-refractivity contribution in [3.8, 4) is 0 Å². The van der Waals surface area contributed by atoms with Gasteiger partial charge >= 0.3 is 18.0 Å². The lowest BCUT2D eigenvalue weighted by atomic mass is 9.90. The van der Waals surface area contributed by atoms with E-state index >= 15 is 0 Å². The minimum atomic E-state index is -0.896. The molecule has 164 valence electrons. The summed E-state index contributed by atoms with van der Waals surface area (Å²) in [6.45, 7) is 10.1. The van der Waals surface area contributed by atoms with E-state index in [4.69, 9.17) is 14.6 Å². The predicted octanol–water partition coefficient (Wildman–Crippen LogP) is 4.74. The number of rotatable bonds is 15. The molecule has 0 aliphatic rings. The Morgan fingerprint density at radius 3 is 2.11 bits per heavy atom. The molecule has 0 spiro atoms. The number of aliphatic carboxylic acids is 1. The summed E-state index contributed by atoms with van der Waals surface area (Å²) in [6.07, 6.45) is 4.43. The Morgan fingerprint density at radius 1 is 0.929 bits per heavy atom. The maximum atomic E-state index is 11.9. The molecule has 0 bridgehead atoms. The van der Waals surface area contributed by atoms with Gasteiger partial charge in [0.25, 0.3) is 6.29 Å². The molecule has 1 amide bonds. The van der Waals surface area contributed by atoms with Crippen LogP contribution in [-0.2, 0) is 19.1 Å². The van der Waals surface area contributed by atoms with Crippen LogP contribution in [0.2, 0.25) is 0 Å². The van der Waals surface area contributed by atoms with Gasteiger partial charge in [-0.1, -0.05) is 53.9 Å². The van der Waals surface area contributed by atoms with Gasteiger partial charge in [-0.3, -0.25) is 9.59 Å². The van der Waals surface area contributed by atoms with Crippen LogP contribution in [0.15, 0.2) is 0 Å². The van der Waals surface area contributed by atoms with Gasteiger partial charge in [0, 0.05) is 25.3 Å². The van der Waals surface area contributed by atoms with Gasteiger partial charge in [0.2, 0.25) is 0 Å².